The van der Waals surface area contributed by atoms with Crippen LogP contribution in [0, 0.1) is 5.41 Å². The summed E-state index contributed by atoms with van der Waals surface area (Å²) in [6, 6.07) is 17.1. The van der Waals surface area contributed by atoms with Gasteiger partial charge in [-0.15, -0.1) is 10.2 Å². The molecule has 1 fully saturated rings. The molecule has 166 valence electrons. The van der Waals surface area contributed by atoms with Crippen LogP contribution in [0.2, 0.25) is 0 Å². The molecule has 2 aromatic carbocycles. The molecule has 1 aliphatic carbocycles. The number of rotatable bonds is 7. The van der Waals surface area contributed by atoms with E-state index in [4.69, 9.17) is 0 Å². The highest BCUT2D eigenvalue weighted by molar-refractivity contribution is 8.00. The summed E-state index contributed by atoms with van der Waals surface area (Å²) in [4.78, 5) is 25.2. The summed E-state index contributed by atoms with van der Waals surface area (Å²) in [6.07, 6.45) is 2.25. The van der Waals surface area contributed by atoms with E-state index in [0.717, 1.165) is 29.5 Å². The zero-order chi connectivity index (χ0) is 22.9. The van der Waals surface area contributed by atoms with Crippen LogP contribution in [0.3, 0.4) is 0 Å². The molecule has 0 spiro atoms. The first kappa shape index (κ1) is 22.3. The lowest BCUT2D eigenvalue weighted by Gasteiger charge is -2.18. The van der Waals surface area contributed by atoms with Gasteiger partial charge in [0.15, 0.2) is 10.9 Å². The molecule has 32 heavy (non-hydrogen) atoms. The van der Waals surface area contributed by atoms with Crippen molar-refractivity contribution in [3.05, 3.63) is 66.0 Å². The molecule has 3 aromatic rings. The molecule has 1 aromatic heterocycles. The number of aromatic nitrogens is 3. The minimum Gasteiger partial charge on any atom is -0.326 e. The quantitative estimate of drug-likeness (QED) is 0.382. The second-order valence-electron chi connectivity index (χ2n) is 9.19. The van der Waals surface area contributed by atoms with E-state index in [1.165, 1.54) is 11.8 Å². The van der Waals surface area contributed by atoms with Crippen LogP contribution in [0.5, 0.6) is 0 Å². The number of nitrogens with zero attached hydrogens (tertiary/aromatic N) is 3. The SMILES string of the molecule is CC(Sc1nnc(C2CC2)n1-c1ccccc1)C(=O)c1ccc(NC(=O)C(C)(C)C)cc1. The Hall–Kier alpha value is -2.93. The predicted molar refractivity (Wildman–Crippen MR) is 128 cm³/mol. The Labute approximate surface area is 192 Å². The van der Waals surface area contributed by atoms with Crippen molar-refractivity contribution in [3.8, 4) is 5.69 Å². The first-order valence-electron chi connectivity index (χ1n) is 10.9. The Morgan fingerprint density at radius 1 is 1.03 bits per heavy atom. The van der Waals surface area contributed by atoms with E-state index < -0.39 is 5.41 Å². The van der Waals surface area contributed by atoms with Crippen LogP contribution in [0.15, 0.2) is 59.8 Å². The van der Waals surface area contributed by atoms with Gasteiger partial charge in [0.2, 0.25) is 5.91 Å². The van der Waals surface area contributed by atoms with E-state index in [9.17, 15) is 9.59 Å². The van der Waals surface area contributed by atoms with Crippen molar-refractivity contribution in [1.82, 2.24) is 14.8 Å². The second-order valence-corrected chi connectivity index (χ2v) is 10.5. The smallest absolute Gasteiger partial charge is 0.229 e. The van der Waals surface area contributed by atoms with E-state index in [-0.39, 0.29) is 16.9 Å². The molecule has 1 N–H and O–H groups in total. The summed E-state index contributed by atoms with van der Waals surface area (Å²) in [5, 5.41) is 12.1. The van der Waals surface area contributed by atoms with Gasteiger partial charge < -0.3 is 5.32 Å². The molecule has 1 heterocycles. The number of para-hydroxylation sites is 1. The lowest BCUT2D eigenvalue weighted by molar-refractivity contribution is -0.123. The van der Waals surface area contributed by atoms with E-state index >= 15 is 0 Å². The standard InChI is InChI=1S/C25H28N4O2S/c1-16(21(30)17-12-14-19(15-13-17)26-23(31)25(2,3)4)32-24-28-27-22(18-10-11-18)29(24)20-8-6-5-7-9-20/h5-9,12-16,18H,10-11H2,1-4H3,(H,26,31). The number of carbonyl (C=O) groups is 2. The summed E-state index contributed by atoms with van der Waals surface area (Å²) in [5.41, 5.74) is 1.82. The molecule has 0 bridgehead atoms. The third kappa shape index (κ3) is 4.93. The summed E-state index contributed by atoms with van der Waals surface area (Å²) >= 11 is 1.42. The summed E-state index contributed by atoms with van der Waals surface area (Å²) in [5.74, 6) is 1.36. The van der Waals surface area contributed by atoms with Gasteiger partial charge in [0.25, 0.3) is 0 Å². The molecule has 1 saturated carbocycles. The number of benzene rings is 2. The van der Waals surface area contributed by atoms with Gasteiger partial charge in [0, 0.05) is 28.3 Å². The van der Waals surface area contributed by atoms with Gasteiger partial charge in [-0.05, 0) is 56.2 Å². The van der Waals surface area contributed by atoms with Gasteiger partial charge in [0.1, 0.15) is 5.82 Å². The molecule has 0 saturated heterocycles. The number of hydrogen-bond donors (Lipinski definition) is 1. The van der Waals surface area contributed by atoms with Gasteiger partial charge in [-0.1, -0.05) is 50.7 Å². The fourth-order valence-electron chi connectivity index (χ4n) is 3.27. The third-order valence-corrected chi connectivity index (χ3v) is 6.42. The van der Waals surface area contributed by atoms with Crippen LogP contribution < -0.4 is 5.32 Å². The normalized spacial score (nSPS) is 14.8. The molecule has 1 aliphatic rings. The maximum Gasteiger partial charge on any atom is 0.229 e. The van der Waals surface area contributed by atoms with Crippen molar-refractivity contribution in [2.45, 2.75) is 56.9 Å². The molecule has 4 rings (SSSR count). The highest BCUT2D eigenvalue weighted by Crippen LogP contribution is 2.41. The Morgan fingerprint density at radius 3 is 2.28 bits per heavy atom. The van der Waals surface area contributed by atoms with E-state index in [0.29, 0.717) is 17.2 Å². The number of amides is 1. The Balaban J connectivity index is 1.49. The monoisotopic (exact) mass is 448 g/mol. The summed E-state index contributed by atoms with van der Waals surface area (Å²) in [6.45, 7) is 7.48. The van der Waals surface area contributed by atoms with Gasteiger partial charge in [-0.2, -0.15) is 0 Å². The highest BCUT2D eigenvalue weighted by Gasteiger charge is 2.32. The maximum atomic E-state index is 13.1. The van der Waals surface area contributed by atoms with Gasteiger partial charge in [-0.25, -0.2) is 0 Å². The number of Topliss-reactive ketones (excluding diaryl/α,β-unsaturated/α-hetero) is 1. The van der Waals surface area contributed by atoms with Crippen LogP contribution in [-0.4, -0.2) is 31.7 Å². The maximum absolute atomic E-state index is 13.1. The summed E-state index contributed by atoms with van der Waals surface area (Å²) in [7, 11) is 0. The van der Waals surface area contributed by atoms with Crippen LogP contribution in [0.1, 0.15) is 62.6 Å². The van der Waals surface area contributed by atoms with E-state index in [1.54, 1.807) is 24.3 Å². The lowest BCUT2D eigenvalue weighted by atomic mass is 9.95. The van der Waals surface area contributed by atoms with Crippen molar-refractivity contribution < 1.29 is 9.59 Å². The number of nitrogens with one attached hydrogen (secondary N) is 1. The van der Waals surface area contributed by atoms with Crippen LogP contribution in [0.25, 0.3) is 5.69 Å². The molecule has 1 atom stereocenters. The van der Waals surface area contributed by atoms with Gasteiger partial charge in [-0.3, -0.25) is 14.2 Å². The van der Waals surface area contributed by atoms with Crippen molar-refractivity contribution in [2.24, 2.45) is 5.41 Å². The molecule has 0 radical (unpaired) electrons. The van der Waals surface area contributed by atoms with Crippen molar-refractivity contribution >= 4 is 29.1 Å². The largest absolute Gasteiger partial charge is 0.326 e. The Kier molecular flexibility index (Phi) is 6.20. The van der Waals surface area contributed by atoms with Crippen LogP contribution in [-0.2, 0) is 4.79 Å². The average Bonchev–Trinajstić information content (AvgIpc) is 3.54. The molecule has 0 aliphatic heterocycles. The minimum atomic E-state index is -0.479. The Bertz CT molecular complexity index is 1110. The minimum absolute atomic E-state index is 0.0132. The molecule has 7 heteroatoms. The van der Waals surface area contributed by atoms with Crippen molar-refractivity contribution in [3.63, 3.8) is 0 Å². The average molecular weight is 449 g/mol. The predicted octanol–water partition coefficient (Wildman–Crippen LogP) is 5.49. The topological polar surface area (TPSA) is 76.9 Å². The number of ketones is 1. The molecule has 1 amide bonds. The second kappa shape index (κ2) is 8.90. The third-order valence-electron chi connectivity index (χ3n) is 5.38. The molecular weight excluding hydrogens is 420 g/mol. The zero-order valence-corrected chi connectivity index (χ0v) is 19.6. The number of hydrogen-bond acceptors (Lipinski definition) is 5. The van der Waals surface area contributed by atoms with Crippen molar-refractivity contribution in [1.29, 1.82) is 0 Å². The van der Waals surface area contributed by atoms with E-state index in [2.05, 4.69) is 20.1 Å². The van der Waals surface area contributed by atoms with Gasteiger partial charge in [0.05, 0.1) is 5.25 Å². The number of carbonyl (C=O) groups excluding carboxylic acids is 2. The Morgan fingerprint density at radius 2 is 1.69 bits per heavy atom. The number of anilines is 1. The highest BCUT2D eigenvalue weighted by atomic mass is 32.2. The number of thioether (sulfide) groups is 1. The lowest BCUT2D eigenvalue weighted by Crippen LogP contribution is -2.27. The fourth-order valence-corrected chi connectivity index (χ4v) is 4.22. The van der Waals surface area contributed by atoms with E-state index in [1.807, 2.05) is 58.0 Å². The first-order chi connectivity index (χ1) is 15.2. The van der Waals surface area contributed by atoms with Gasteiger partial charge >= 0.3 is 0 Å². The fraction of sp³-hybridized carbons (Fsp3) is 0.360. The molecule has 6 nitrogen and oxygen atoms in total. The molecule has 1 unspecified atom stereocenters. The van der Waals surface area contributed by atoms with Crippen LogP contribution in [0.4, 0.5) is 5.69 Å². The van der Waals surface area contributed by atoms with Crippen molar-refractivity contribution in [2.75, 3.05) is 5.32 Å². The zero-order valence-electron chi connectivity index (χ0n) is 18.8. The first-order valence-corrected chi connectivity index (χ1v) is 11.7. The van der Waals surface area contributed by atoms with Crippen LogP contribution >= 0.6 is 11.8 Å². The summed E-state index contributed by atoms with van der Waals surface area (Å²) < 4.78 is 2.08. The molecular formula is C25H28N4O2S.